The average Bonchev–Trinajstić information content (AvgIpc) is 2.86. The summed E-state index contributed by atoms with van der Waals surface area (Å²) in [4.78, 5) is 23.2. The quantitative estimate of drug-likeness (QED) is 0.779. The van der Waals surface area contributed by atoms with Gasteiger partial charge in [-0.25, -0.2) is 4.79 Å². The van der Waals surface area contributed by atoms with Crippen LogP contribution in [0, 0.1) is 6.92 Å². The van der Waals surface area contributed by atoms with Gasteiger partial charge in [-0.2, -0.15) is 5.10 Å². The molecule has 1 heterocycles. The predicted octanol–water partition coefficient (Wildman–Crippen LogP) is 1.07. The van der Waals surface area contributed by atoms with Crippen LogP contribution in [-0.2, 0) is 11.8 Å². The highest BCUT2D eigenvalue weighted by Crippen LogP contribution is 2.20. The van der Waals surface area contributed by atoms with Gasteiger partial charge in [0.25, 0.3) is 0 Å². The second-order valence-corrected chi connectivity index (χ2v) is 4.70. The van der Waals surface area contributed by atoms with E-state index in [9.17, 15) is 9.59 Å². The van der Waals surface area contributed by atoms with Crippen LogP contribution in [0.4, 0.5) is 5.69 Å². The summed E-state index contributed by atoms with van der Waals surface area (Å²) in [5.74, 6) is -1.46. The SMILES string of the molecule is Cc1c(NC(=O)C(N)c2cnn(C)c2)cccc1C(=O)O. The van der Waals surface area contributed by atoms with Gasteiger partial charge in [0.05, 0.1) is 11.8 Å². The minimum Gasteiger partial charge on any atom is -0.478 e. The Labute approximate surface area is 121 Å². The molecule has 0 bridgehead atoms. The van der Waals surface area contributed by atoms with Crippen molar-refractivity contribution >= 4 is 17.6 Å². The highest BCUT2D eigenvalue weighted by molar-refractivity contribution is 5.98. The van der Waals surface area contributed by atoms with Gasteiger partial charge in [0.2, 0.25) is 5.91 Å². The van der Waals surface area contributed by atoms with Crippen molar-refractivity contribution in [2.24, 2.45) is 12.8 Å². The molecule has 0 aliphatic carbocycles. The lowest BCUT2D eigenvalue weighted by Gasteiger charge is -2.13. The molecule has 0 aliphatic rings. The van der Waals surface area contributed by atoms with Crippen molar-refractivity contribution in [3.63, 3.8) is 0 Å². The van der Waals surface area contributed by atoms with Gasteiger partial charge in [-0.15, -0.1) is 0 Å². The molecule has 1 atom stereocenters. The molecule has 0 fully saturated rings. The Balaban J connectivity index is 2.20. The molecule has 0 spiro atoms. The number of aryl methyl sites for hydroxylation is 1. The third-order valence-corrected chi connectivity index (χ3v) is 3.19. The maximum absolute atomic E-state index is 12.1. The van der Waals surface area contributed by atoms with Crippen molar-refractivity contribution in [1.29, 1.82) is 0 Å². The van der Waals surface area contributed by atoms with Crippen molar-refractivity contribution in [3.05, 3.63) is 47.3 Å². The molecule has 1 aromatic heterocycles. The fourth-order valence-electron chi connectivity index (χ4n) is 1.97. The number of aromatic nitrogens is 2. The van der Waals surface area contributed by atoms with Gasteiger partial charge in [0, 0.05) is 24.5 Å². The number of carbonyl (C=O) groups is 2. The van der Waals surface area contributed by atoms with E-state index in [2.05, 4.69) is 10.4 Å². The van der Waals surface area contributed by atoms with Crippen LogP contribution in [0.1, 0.15) is 27.5 Å². The summed E-state index contributed by atoms with van der Waals surface area (Å²) in [5, 5.41) is 15.7. The molecule has 2 aromatic rings. The molecule has 0 aliphatic heterocycles. The summed E-state index contributed by atoms with van der Waals surface area (Å²) in [6.45, 7) is 1.63. The number of carboxylic acid groups (broad SMARTS) is 1. The minimum atomic E-state index is -1.04. The first kappa shape index (κ1) is 14.7. The van der Waals surface area contributed by atoms with Gasteiger partial charge in [-0.3, -0.25) is 9.48 Å². The summed E-state index contributed by atoms with van der Waals surface area (Å²) >= 11 is 0. The van der Waals surface area contributed by atoms with Crippen molar-refractivity contribution in [2.75, 3.05) is 5.32 Å². The number of amides is 1. The average molecular weight is 288 g/mol. The lowest BCUT2D eigenvalue weighted by Crippen LogP contribution is -2.28. The first-order chi connectivity index (χ1) is 9.90. The number of nitrogens with one attached hydrogen (secondary N) is 1. The van der Waals surface area contributed by atoms with Crippen LogP contribution in [0.2, 0.25) is 0 Å². The summed E-state index contributed by atoms with van der Waals surface area (Å²) in [6, 6.07) is 3.82. The van der Waals surface area contributed by atoms with E-state index in [0.717, 1.165) is 0 Å². The molecule has 0 saturated carbocycles. The monoisotopic (exact) mass is 288 g/mol. The minimum absolute atomic E-state index is 0.141. The molecule has 4 N–H and O–H groups in total. The van der Waals surface area contributed by atoms with Crippen LogP contribution in [0.15, 0.2) is 30.6 Å². The van der Waals surface area contributed by atoms with Crippen molar-refractivity contribution < 1.29 is 14.7 Å². The molecular formula is C14H16N4O3. The third-order valence-electron chi connectivity index (χ3n) is 3.19. The van der Waals surface area contributed by atoms with Gasteiger partial charge in [0.15, 0.2) is 0 Å². The van der Waals surface area contributed by atoms with E-state index in [0.29, 0.717) is 16.8 Å². The molecule has 0 saturated heterocycles. The van der Waals surface area contributed by atoms with E-state index in [-0.39, 0.29) is 5.56 Å². The number of aromatic carboxylic acids is 1. The third kappa shape index (κ3) is 3.09. The lowest BCUT2D eigenvalue weighted by molar-refractivity contribution is -0.117. The Morgan fingerprint density at radius 3 is 2.71 bits per heavy atom. The van der Waals surface area contributed by atoms with E-state index < -0.39 is 17.9 Å². The second kappa shape index (κ2) is 5.76. The number of rotatable bonds is 4. The topological polar surface area (TPSA) is 110 Å². The molecule has 7 heteroatoms. The Kier molecular flexibility index (Phi) is 4.04. The zero-order valence-electron chi connectivity index (χ0n) is 11.7. The number of hydrogen-bond acceptors (Lipinski definition) is 4. The predicted molar refractivity (Wildman–Crippen MR) is 76.9 cm³/mol. The van der Waals surface area contributed by atoms with Gasteiger partial charge in [-0.1, -0.05) is 6.07 Å². The normalized spacial score (nSPS) is 12.0. The zero-order chi connectivity index (χ0) is 15.6. The fraction of sp³-hybridized carbons (Fsp3) is 0.214. The Hall–Kier alpha value is -2.67. The summed E-state index contributed by atoms with van der Waals surface area (Å²) in [7, 11) is 1.73. The van der Waals surface area contributed by atoms with Gasteiger partial charge >= 0.3 is 5.97 Å². The maximum Gasteiger partial charge on any atom is 0.336 e. The van der Waals surface area contributed by atoms with Crippen LogP contribution in [-0.4, -0.2) is 26.8 Å². The smallest absolute Gasteiger partial charge is 0.336 e. The van der Waals surface area contributed by atoms with Gasteiger partial charge < -0.3 is 16.2 Å². The Morgan fingerprint density at radius 2 is 2.14 bits per heavy atom. The van der Waals surface area contributed by atoms with E-state index in [1.807, 2.05) is 0 Å². The Bertz CT molecular complexity index is 693. The number of anilines is 1. The van der Waals surface area contributed by atoms with Crippen LogP contribution in [0.5, 0.6) is 0 Å². The van der Waals surface area contributed by atoms with E-state index >= 15 is 0 Å². The standard InChI is InChI=1S/C14H16N4O3/c1-8-10(14(20)21)4-3-5-11(8)17-13(19)12(15)9-6-16-18(2)7-9/h3-7,12H,15H2,1-2H3,(H,17,19)(H,20,21). The number of benzene rings is 1. The lowest BCUT2D eigenvalue weighted by atomic mass is 10.1. The molecule has 1 aromatic carbocycles. The first-order valence-electron chi connectivity index (χ1n) is 6.28. The largest absolute Gasteiger partial charge is 0.478 e. The number of carbonyl (C=O) groups excluding carboxylic acids is 1. The summed E-state index contributed by atoms with van der Waals surface area (Å²) in [5.41, 5.74) is 7.51. The molecule has 7 nitrogen and oxygen atoms in total. The van der Waals surface area contributed by atoms with E-state index in [4.69, 9.17) is 10.8 Å². The van der Waals surface area contributed by atoms with Crippen LogP contribution in [0.25, 0.3) is 0 Å². The second-order valence-electron chi connectivity index (χ2n) is 4.70. The number of nitrogens with zero attached hydrogens (tertiary/aromatic N) is 2. The zero-order valence-corrected chi connectivity index (χ0v) is 11.7. The van der Waals surface area contributed by atoms with E-state index in [1.165, 1.54) is 12.3 Å². The molecule has 2 rings (SSSR count). The van der Waals surface area contributed by atoms with Crippen molar-refractivity contribution in [3.8, 4) is 0 Å². The molecular weight excluding hydrogens is 272 g/mol. The fourth-order valence-corrected chi connectivity index (χ4v) is 1.97. The summed E-state index contributed by atoms with van der Waals surface area (Å²) < 4.78 is 1.55. The number of carboxylic acids is 1. The highest BCUT2D eigenvalue weighted by atomic mass is 16.4. The molecule has 1 amide bonds. The van der Waals surface area contributed by atoms with Gasteiger partial charge in [-0.05, 0) is 24.6 Å². The van der Waals surface area contributed by atoms with Crippen LogP contribution in [0.3, 0.4) is 0 Å². The molecule has 0 radical (unpaired) electrons. The Morgan fingerprint density at radius 1 is 1.43 bits per heavy atom. The van der Waals surface area contributed by atoms with Gasteiger partial charge in [0.1, 0.15) is 6.04 Å². The molecule has 1 unspecified atom stereocenters. The summed E-state index contributed by atoms with van der Waals surface area (Å²) in [6.07, 6.45) is 3.18. The molecule has 21 heavy (non-hydrogen) atoms. The first-order valence-corrected chi connectivity index (χ1v) is 6.28. The maximum atomic E-state index is 12.1. The number of nitrogens with two attached hydrogens (primary N) is 1. The van der Waals surface area contributed by atoms with Crippen molar-refractivity contribution in [2.45, 2.75) is 13.0 Å². The van der Waals surface area contributed by atoms with Crippen LogP contribution < -0.4 is 11.1 Å². The number of hydrogen-bond donors (Lipinski definition) is 3. The van der Waals surface area contributed by atoms with Crippen LogP contribution >= 0.6 is 0 Å². The van der Waals surface area contributed by atoms with Crippen molar-refractivity contribution in [1.82, 2.24) is 9.78 Å². The highest BCUT2D eigenvalue weighted by Gasteiger charge is 2.19. The van der Waals surface area contributed by atoms with E-state index in [1.54, 1.807) is 37.0 Å². The molecule has 110 valence electrons.